The lowest BCUT2D eigenvalue weighted by Gasteiger charge is -2.20. The zero-order chi connectivity index (χ0) is 15.8. The Kier molecular flexibility index (Phi) is 3.25. The van der Waals surface area contributed by atoms with E-state index in [1.165, 1.54) is 5.69 Å². The summed E-state index contributed by atoms with van der Waals surface area (Å²) in [5.74, 6) is 0. The number of amides is 2. The molecule has 0 bridgehead atoms. The molecule has 7 nitrogen and oxygen atoms in total. The first-order chi connectivity index (χ1) is 11.2. The minimum atomic E-state index is -0.0968. The minimum Gasteiger partial charge on any atom is -0.320 e. The van der Waals surface area contributed by atoms with E-state index < -0.39 is 0 Å². The van der Waals surface area contributed by atoms with E-state index in [2.05, 4.69) is 15.5 Å². The van der Waals surface area contributed by atoms with Crippen molar-refractivity contribution in [2.24, 2.45) is 7.05 Å². The summed E-state index contributed by atoms with van der Waals surface area (Å²) in [5, 5.41) is 11.5. The monoisotopic (exact) mass is 310 g/mol. The number of nitrogens with one attached hydrogen (secondary N) is 1. The fraction of sp³-hybridized carbons (Fsp3) is 0.312. The number of fused-ring (bicyclic) bond motifs is 2. The number of aromatic nitrogens is 4. The van der Waals surface area contributed by atoms with E-state index in [4.69, 9.17) is 0 Å². The van der Waals surface area contributed by atoms with Crippen LogP contribution in [0.25, 0.3) is 5.52 Å². The molecule has 0 radical (unpaired) electrons. The van der Waals surface area contributed by atoms with Crippen LogP contribution in [0.3, 0.4) is 0 Å². The highest BCUT2D eigenvalue weighted by molar-refractivity contribution is 5.93. The number of anilines is 1. The molecule has 4 rings (SSSR count). The maximum absolute atomic E-state index is 12.6. The first-order valence-corrected chi connectivity index (χ1v) is 7.70. The zero-order valence-electron chi connectivity index (χ0n) is 12.9. The summed E-state index contributed by atoms with van der Waals surface area (Å²) in [6, 6.07) is 5.68. The Balaban J connectivity index is 1.55. The molecule has 4 heterocycles. The second-order valence-corrected chi connectivity index (χ2v) is 5.78. The van der Waals surface area contributed by atoms with Crippen molar-refractivity contribution in [3.05, 3.63) is 48.0 Å². The van der Waals surface area contributed by atoms with Gasteiger partial charge in [0.25, 0.3) is 0 Å². The van der Waals surface area contributed by atoms with E-state index in [1.54, 1.807) is 10.7 Å². The largest absolute Gasteiger partial charge is 0.322 e. The predicted octanol–water partition coefficient (Wildman–Crippen LogP) is 2.05. The molecule has 0 aromatic carbocycles. The van der Waals surface area contributed by atoms with Crippen LogP contribution in [0, 0.1) is 0 Å². The van der Waals surface area contributed by atoms with Crippen molar-refractivity contribution in [2.75, 3.05) is 11.9 Å². The topological polar surface area (TPSA) is 67.5 Å². The van der Waals surface area contributed by atoms with Crippen LogP contribution in [0.15, 0.2) is 36.8 Å². The number of carbonyl (C=O) groups excluding carboxylic acids is 1. The van der Waals surface area contributed by atoms with Crippen LogP contribution < -0.4 is 5.32 Å². The molecule has 3 aromatic rings. The lowest BCUT2D eigenvalue weighted by atomic mass is 10.2. The first-order valence-electron chi connectivity index (χ1n) is 7.70. The van der Waals surface area contributed by atoms with Crippen molar-refractivity contribution in [1.82, 2.24) is 24.3 Å². The Bertz CT molecular complexity index is 864. The summed E-state index contributed by atoms with van der Waals surface area (Å²) in [6.45, 7) is 1.33. The molecule has 1 N–H and O–H groups in total. The number of carbonyl (C=O) groups is 1. The van der Waals surface area contributed by atoms with Crippen LogP contribution in [-0.4, -0.2) is 36.9 Å². The third-order valence-electron chi connectivity index (χ3n) is 4.31. The molecule has 0 unspecified atom stereocenters. The van der Waals surface area contributed by atoms with E-state index in [-0.39, 0.29) is 6.03 Å². The van der Waals surface area contributed by atoms with Crippen LogP contribution in [0.2, 0.25) is 0 Å². The van der Waals surface area contributed by atoms with Gasteiger partial charge in [0.15, 0.2) is 0 Å². The molecule has 0 saturated heterocycles. The van der Waals surface area contributed by atoms with Gasteiger partial charge in [-0.25, -0.2) is 9.31 Å². The van der Waals surface area contributed by atoms with Crippen molar-refractivity contribution in [1.29, 1.82) is 0 Å². The molecule has 7 heteroatoms. The second-order valence-electron chi connectivity index (χ2n) is 5.78. The molecule has 2 amide bonds. The molecule has 118 valence electrons. The number of nitrogens with zero attached hydrogens (tertiary/aromatic N) is 5. The average molecular weight is 310 g/mol. The van der Waals surface area contributed by atoms with E-state index in [1.807, 2.05) is 47.2 Å². The van der Waals surface area contributed by atoms with Gasteiger partial charge in [-0.3, -0.25) is 4.68 Å². The molecule has 3 aromatic heterocycles. The fourth-order valence-electron chi connectivity index (χ4n) is 3.08. The van der Waals surface area contributed by atoms with Crippen molar-refractivity contribution in [2.45, 2.75) is 19.4 Å². The lowest BCUT2D eigenvalue weighted by Crippen LogP contribution is -2.34. The average Bonchev–Trinajstić information content (AvgIpc) is 3.03. The van der Waals surface area contributed by atoms with Crippen LogP contribution in [0.1, 0.15) is 17.7 Å². The quantitative estimate of drug-likeness (QED) is 0.748. The Morgan fingerprint density at radius 1 is 1.26 bits per heavy atom. The van der Waals surface area contributed by atoms with Gasteiger partial charge in [0.1, 0.15) is 0 Å². The highest BCUT2D eigenvalue weighted by atomic mass is 16.2. The Labute approximate surface area is 133 Å². The van der Waals surface area contributed by atoms with Crippen LogP contribution in [0.5, 0.6) is 0 Å². The first kappa shape index (κ1) is 13.8. The van der Waals surface area contributed by atoms with Crippen LogP contribution >= 0.6 is 0 Å². The normalized spacial score (nSPS) is 14.6. The standard InChI is InChI=1S/C16H18N6O/c1-20-14-6-4-7-21(11-12(14)9-17-20)16(23)19-13-10-18-22-8-3-2-5-15(13)22/h2-3,5,8-10H,4,6-7,11H2,1H3,(H,19,23). The van der Waals surface area contributed by atoms with Crippen LogP contribution in [-0.2, 0) is 20.0 Å². The van der Waals surface area contributed by atoms with Crippen molar-refractivity contribution < 1.29 is 4.79 Å². The molecule has 0 fully saturated rings. The Morgan fingerprint density at radius 3 is 3.09 bits per heavy atom. The summed E-state index contributed by atoms with van der Waals surface area (Å²) in [6.07, 6.45) is 7.29. The molecule has 0 atom stereocenters. The van der Waals surface area contributed by atoms with Crippen molar-refractivity contribution in [3.8, 4) is 0 Å². The number of rotatable bonds is 1. The summed E-state index contributed by atoms with van der Waals surface area (Å²) in [7, 11) is 1.95. The predicted molar refractivity (Wildman–Crippen MR) is 86.1 cm³/mol. The zero-order valence-corrected chi connectivity index (χ0v) is 12.9. The number of pyridine rings is 1. The third kappa shape index (κ3) is 2.44. The maximum Gasteiger partial charge on any atom is 0.322 e. The number of aryl methyl sites for hydroxylation is 1. The molecule has 1 aliphatic heterocycles. The van der Waals surface area contributed by atoms with Gasteiger partial charge in [-0.1, -0.05) is 6.07 Å². The highest BCUT2D eigenvalue weighted by Gasteiger charge is 2.22. The number of hydrogen-bond donors (Lipinski definition) is 1. The maximum atomic E-state index is 12.6. The van der Waals surface area contributed by atoms with Crippen LogP contribution in [0.4, 0.5) is 10.5 Å². The van der Waals surface area contributed by atoms with Gasteiger partial charge in [-0.2, -0.15) is 10.2 Å². The summed E-state index contributed by atoms with van der Waals surface area (Å²) < 4.78 is 3.65. The number of urea groups is 1. The Hall–Kier alpha value is -2.83. The van der Waals surface area contributed by atoms with Gasteiger partial charge in [0.05, 0.1) is 30.1 Å². The van der Waals surface area contributed by atoms with Gasteiger partial charge in [-0.15, -0.1) is 0 Å². The van der Waals surface area contributed by atoms with Gasteiger partial charge in [0, 0.05) is 31.0 Å². The van der Waals surface area contributed by atoms with Gasteiger partial charge in [-0.05, 0) is 25.0 Å². The summed E-state index contributed by atoms with van der Waals surface area (Å²) in [4.78, 5) is 14.5. The lowest BCUT2D eigenvalue weighted by molar-refractivity contribution is 0.210. The fourth-order valence-corrected chi connectivity index (χ4v) is 3.08. The van der Waals surface area contributed by atoms with E-state index in [0.717, 1.165) is 36.2 Å². The molecular formula is C16H18N6O. The highest BCUT2D eigenvalue weighted by Crippen LogP contribution is 2.20. The molecule has 23 heavy (non-hydrogen) atoms. The van der Waals surface area contributed by atoms with Gasteiger partial charge in [0.2, 0.25) is 0 Å². The van der Waals surface area contributed by atoms with E-state index in [0.29, 0.717) is 6.54 Å². The second kappa shape index (κ2) is 5.42. The third-order valence-corrected chi connectivity index (χ3v) is 4.31. The summed E-state index contributed by atoms with van der Waals surface area (Å²) in [5.41, 5.74) is 3.96. The summed E-state index contributed by atoms with van der Waals surface area (Å²) >= 11 is 0. The molecule has 0 saturated carbocycles. The molecule has 1 aliphatic rings. The van der Waals surface area contributed by atoms with Gasteiger partial charge < -0.3 is 10.2 Å². The SMILES string of the molecule is Cn1ncc2c1CCCN(C(=O)Nc1cnn3ccccc13)C2. The van der Waals surface area contributed by atoms with Gasteiger partial charge >= 0.3 is 6.03 Å². The Morgan fingerprint density at radius 2 is 2.17 bits per heavy atom. The van der Waals surface area contributed by atoms with E-state index >= 15 is 0 Å². The smallest absolute Gasteiger partial charge is 0.320 e. The molecule has 0 aliphatic carbocycles. The van der Waals surface area contributed by atoms with Crippen molar-refractivity contribution >= 4 is 17.2 Å². The minimum absolute atomic E-state index is 0.0968. The molecular weight excluding hydrogens is 292 g/mol. The van der Waals surface area contributed by atoms with E-state index in [9.17, 15) is 4.79 Å². The number of hydrogen-bond acceptors (Lipinski definition) is 3. The van der Waals surface area contributed by atoms with Crippen molar-refractivity contribution in [3.63, 3.8) is 0 Å². The molecule has 0 spiro atoms.